The molecule has 0 aliphatic carbocycles. The van der Waals surface area contributed by atoms with Crippen molar-refractivity contribution in [1.82, 2.24) is 0 Å². The summed E-state index contributed by atoms with van der Waals surface area (Å²) in [5, 5.41) is 10.7. The van der Waals surface area contributed by atoms with Gasteiger partial charge < -0.3 is 33.8 Å². The van der Waals surface area contributed by atoms with Crippen molar-refractivity contribution in [3.8, 4) is 0 Å². The summed E-state index contributed by atoms with van der Waals surface area (Å²) in [4.78, 5) is 73.2. The largest absolute Gasteiger partial charge is 0.472 e. The molecule has 19 heteroatoms. The van der Waals surface area contributed by atoms with Crippen molar-refractivity contribution in [1.29, 1.82) is 0 Å². The molecule has 0 bridgehead atoms. The Balaban J connectivity index is 5.25. The first-order valence-electron chi connectivity index (χ1n) is 44.5. The molecule has 0 heterocycles. The second-order valence-corrected chi connectivity index (χ2v) is 34.6. The van der Waals surface area contributed by atoms with Crippen molar-refractivity contribution in [2.45, 2.75) is 477 Å². The lowest BCUT2D eigenvalue weighted by Crippen LogP contribution is -2.30. The van der Waals surface area contributed by atoms with Gasteiger partial charge in [0.2, 0.25) is 0 Å². The third-order valence-corrected chi connectivity index (χ3v) is 22.5. The molecule has 105 heavy (non-hydrogen) atoms. The normalized spacial score (nSPS) is 14.1. The van der Waals surface area contributed by atoms with Crippen molar-refractivity contribution in [3.63, 3.8) is 0 Å². The van der Waals surface area contributed by atoms with Crippen molar-refractivity contribution in [3.05, 3.63) is 0 Å². The number of carbonyl (C=O) groups is 4. The second-order valence-electron chi connectivity index (χ2n) is 31.6. The van der Waals surface area contributed by atoms with Gasteiger partial charge in [-0.05, 0) is 37.5 Å². The number of ether oxygens (including phenoxy) is 4. The molecule has 0 aromatic heterocycles. The van der Waals surface area contributed by atoms with Gasteiger partial charge in [0.05, 0.1) is 26.4 Å². The van der Waals surface area contributed by atoms with E-state index in [0.29, 0.717) is 25.7 Å². The number of phosphoric acid groups is 2. The van der Waals surface area contributed by atoms with Crippen molar-refractivity contribution in [2.24, 2.45) is 11.8 Å². The molecule has 17 nitrogen and oxygen atoms in total. The van der Waals surface area contributed by atoms with Gasteiger partial charge in [-0.3, -0.25) is 37.3 Å². The molecule has 3 N–H and O–H groups in total. The van der Waals surface area contributed by atoms with Gasteiger partial charge in [-0.2, -0.15) is 0 Å². The number of phosphoric ester groups is 2. The summed E-state index contributed by atoms with van der Waals surface area (Å²) in [5.41, 5.74) is 0. The van der Waals surface area contributed by atoms with Gasteiger partial charge in [-0.15, -0.1) is 0 Å². The first kappa shape index (κ1) is 103. The Kier molecular flexibility index (Phi) is 76.0. The third kappa shape index (κ3) is 78.5. The number of carbonyl (C=O) groups excluding carboxylic acids is 4. The highest BCUT2D eigenvalue weighted by atomic mass is 31.2. The zero-order valence-electron chi connectivity index (χ0n) is 69.0. The van der Waals surface area contributed by atoms with Crippen LogP contribution in [0.15, 0.2) is 0 Å². The number of unbranched alkanes of at least 4 members (excludes halogenated alkanes) is 54. The average Bonchev–Trinajstić information content (AvgIpc) is 0.925. The Morgan fingerprint density at radius 3 is 0.724 bits per heavy atom. The van der Waals surface area contributed by atoms with E-state index in [1.54, 1.807) is 0 Å². The first-order valence-corrected chi connectivity index (χ1v) is 47.5. The fourth-order valence-corrected chi connectivity index (χ4v) is 15.0. The topological polar surface area (TPSA) is 237 Å². The van der Waals surface area contributed by atoms with Crippen molar-refractivity contribution >= 4 is 39.5 Å². The molecule has 0 aliphatic heterocycles. The molecular weight excluding hydrogens is 1370 g/mol. The molecule has 0 radical (unpaired) electrons. The maximum atomic E-state index is 13.2. The van der Waals surface area contributed by atoms with Crippen LogP contribution in [-0.2, 0) is 65.4 Å². The van der Waals surface area contributed by atoms with E-state index in [-0.39, 0.29) is 25.7 Å². The summed E-state index contributed by atoms with van der Waals surface area (Å²) in [6, 6.07) is 0. The Labute approximate surface area is 645 Å². The van der Waals surface area contributed by atoms with Crippen LogP contribution >= 0.6 is 15.6 Å². The van der Waals surface area contributed by atoms with E-state index in [9.17, 15) is 43.2 Å². The highest BCUT2D eigenvalue weighted by Gasteiger charge is 2.30. The van der Waals surface area contributed by atoms with Crippen LogP contribution in [0.25, 0.3) is 0 Å². The molecule has 3 unspecified atom stereocenters. The molecular formula is C86H168O17P2. The Morgan fingerprint density at radius 1 is 0.276 bits per heavy atom. The molecule has 0 saturated carbocycles. The van der Waals surface area contributed by atoms with E-state index in [1.165, 1.54) is 276 Å². The molecule has 0 spiro atoms. The van der Waals surface area contributed by atoms with Gasteiger partial charge >= 0.3 is 39.5 Å². The minimum atomic E-state index is -4.97. The molecule has 0 aromatic carbocycles. The predicted octanol–water partition coefficient (Wildman–Crippen LogP) is 26.2. The van der Waals surface area contributed by atoms with Crippen LogP contribution in [0, 0.1) is 11.8 Å². The smallest absolute Gasteiger partial charge is 0.462 e. The number of hydrogen-bond donors (Lipinski definition) is 3. The Morgan fingerprint density at radius 2 is 0.486 bits per heavy atom. The highest BCUT2D eigenvalue weighted by Crippen LogP contribution is 2.45. The molecule has 0 rings (SSSR count). The minimum Gasteiger partial charge on any atom is -0.462 e. The quantitative estimate of drug-likeness (QED) is 0.0222. The van der Waals surface area contributed by atoms with Crippen LogP contribution < -0.4 is 0 Å². The summed E-state index contributed by atoms with van der Waals surface area (Å²) < 4.78 is 68.9. The van der Waals surface area contributed by atoms with E-state index < -0.39 is 97.5 Å². The van der Waals surface area contributed by atoms with Gasteiger partial charge in [-0.25, -0.2) is 9.13 Å². The van der Waals surface area contributed by atoms with Gasteiger partial charge in [0.15, 0.2) is 12.2 Å². The van der Waals surface area contributed by atoms with Crippen LogP contribution in [-0.4, -0.2) is 96.7 Å². The van der Waals surface area contributed by atoms with Crippen LogP contribution in [0.4, 0.5) is 0 Å². The second kappa shape index (κ2) is 77.4. The minimum absolute atomic E-state index is 0.107. The van der Waals surface area contributed by atoms with Crippen molar-refractivity contribution < 1.29 is 80.2 Å². The van der Waals surface area contributed by atoms with Crippen LogP contribution in [0.2, 0.25) is 0 Å². The number of aliphatic hydroxyl groups excluding tert-OH is 1. The van der Waals surface area contributed by atoms with Gasteiger partial charge in [0.25, 0.3) is 0 Å². The standard InChI is InChI=1S/C86H168O17P2/c1-7-10-12-14-16-18-20-22-23-24-28-31-34-38-45-51-57-63-69-84(89)97-74-81(102-85(90)70-64-58-52-46-39-35-32-29-26-25-27-30-33-36-42-48-54-60-66-78(4)5)76-100-104(92,93)98-72-80(87)73-99-105(94,95)101-77-82(75-96-83(88)68-62-56-50-44-37-21-19-17-15-13-11-8-2)103-86(91)71-65-59-53-47-41-40-43-49-55-61-67-79(6)9-3/h78-82,87H,7-77H2,1-6H3,(H,92,93)(H,94,95)/t79?,80-,81-,82-/m1/s1. The van der Waals surface area contributed by atoms with Gasteiger partial charge in [0, 0.05) is 25.7 Å². The zero-order chi connectivity index (χ0) is 77.1. The first-order chi connectivity index (χ1) is 50.9. The lowest BCUT2D eigenvalue weighted by molar-refractivity contribution is -0.161. The molecule has 624 valence electrons. The lowest BCUT2D eigenvalue weighted by Gasteiger charge is -2.21. The van der Waals surface area contributed by atoms with E-state index in [0.717, 1.165) is 102 Å². The van der Waals surface area contributed by atoms with Crippen molar-refractivity contribution in [2.75, 3.05) is 39.6 Å². The average molecular weight is 1540 g/mol. The van der Waals surface area contributed by atoms with E-state index >= 15 is 0 Å². The maximum Gasteiger partial charge on any atom is 0.472 e. The number of hydrogen-bond acceptors (Lipinski definition) is 15. The van der Waals surface area contributed by atoms with E-state index in [2.05, 4.69) is 41.5 Å². The number of aliphatic hydroxyl groups is 1. The van der Waals surface area contributed by atoms with E-state index in [1.807, 2.05) is 0 Å². The fourth-order valence-electron chi connectivity index (χ4n) is 13.4. The molecule has 0 amide bonds. The molecule has 0 fully saturated rings. The summed E-state index contributed by atoms with van der Waals surface area (Å²) in [5.74, 6) is -0.477. The molecule has 0 saturated heterocycles. The summed E-state index contributed by atoms with van der Waals surface area (Å²) >= 11 is 0. The molecule has 0 aromatic rings. The predicted molar refractivity (Wildman–Crippen MR) is 432 cm³/mol. The maximum absolute atomic E-state index is 13.2. The summed E-state index contributed by atoms with van der Waals surface area (Å²) in [6.45, 7) is 9.73. The third-order valence-electron chi connectivity index (χ3n) is 20.6. The fraction of sp³-hybridized carbons (Fsp3) is 0.953. The molecule has 6 atom stereocenters. The highest BCUT2D eigenvalue weighted by molar-refractivity contribution is 7.47. The van der Waals surface area contributed by atoms with Crippen LogP contribution in [0.1, 0.15) is 459 Å². The van der Waals surface area contributed by atoms with E-state index in [4.69, 9.17) is 37.0 Å². The van der Waals surface area contributed by atoms with Gasteiger partial charge in [0.1, 0.15) is 19.3 Å². The monoisotopic (exact) mass is 1540 g/mol. The summed E-state index contributed by atoms with van der Waals surface area (Å²) in [7, 11) is -9.93. The Hall–Kier alpha value is -1.94. The Bertz CT molecular complexity index is 2010. The molecule has 0 aliphatic rings. The number of rotatable bonds is 85. The van der Waals surface area contributed by atoms with Crippen LogP contribution in [0.3, 0.4) is 0 Å². The lowest BCUT2D eigenvalue weighted by atomic mass is 9.99. The van der Waals surface area contributed by atoms with Gasteiger partial charge in [-0.1, -0.05) is 408 Å². The summed E-state index contributed by atoms with van der Waals surface area (Å²) in [6.07, 6.45) is 69.3. The SMILES string of the molecule is CCCCCCCCCCCCCCCCCCCCC(=O)OC[C@H](COP(=O)(O)OC[C@@H](O)COP(=O)(O)OC[C@@H](COC(=O)CCCCCCCCCCCCCC)OC(=O)CCCCCCCCCCCCC(C)CC)OC(=O)CCCCCCCCCCCCCCCCCCCCC(C)C. The zero-order valence-corrected chi connectivity index (χ0v) is 70.8. The van der Waals surface area contributed by atoms with Crippen LogP contribution in [0.5, 0.6) is 0 Å². The number of esters is 4.